The number of nitriles is 1. The summed E-state index contributed by atoms with van der Waals surface area (Å²) in [6.07, 6.45) is 0.837. The van der Waals surface area contributed by atoms with Crippen LogP contribution in [0.15, 0.2) is 30.5 Å². The lowest BCUT2D eigenvalue weighted by Crippen LogP contribution is -2.35. The van der Waals surface area contributed by atoms with Crippen LogP contribution in [0.5, 0.6) is 0 Å². The van der Waals surface area contributed by atoms with Gasteiger partial charge in [0, 0.05) is 25.5 Å². The summed E-state index contributed by atoms with van der Waals surface area (Å²) < 4.78 is 3.57. The van der Waals surface area contributed by atoms with Gasteiger partial charge in [0.15, 0.2) is 0 Å². The number of hydrogen-bond acceptors (Lipinski definition) is 6. The van der Waals surface area contributed by atoms with E-state index in [-0.39, 0.29) is 0 Å². The quantitative estimate of drug-likeness (QED) is 0.748. The lowest BCUT2D eigenvalue weighted by Gasteiger charge is -2.29. The second-order valence-electron chi connectivity index (χ2n) is 7.36. The molecule has 144 valence electrons. The average Bonchev–Trinajstić information content (AvgIpc) is 3.32. The van der Waals surface area contributed by atoms with E-state index >= 15 is 0 Å². The Bertz CT molecular complexity index is 1040. The van der Waals surface area contributed by atoms with Gasteiger partial charge in [-0.2, -0.15) is 15.5 Å². The molecule has 8 heteroatoms. The minimum atomic E-state index is -0.823. The molecule has 0 radical (unpaired) electrons. The van der Waals surface area contributed by atoms with Gasteiger partial charge < -0.3 is 10.0 Å². The van der Waals surface area contributed by atoms with Crippen LogP contribution in [0.1, 0.15) is 54.2 Å². The fourth-order valence-corrected chi connectivity index (χ4v) is 3.52. The Kier molecular flexibility index (Phi) is 4.61. The molecule has 0 saturated carbocycles. The van der Waals surface area contributed by atoms with Crippen LogP contribution < -0.4 is 4.90 Å². The SMILES string of the molecule is CC(C)c1ccc(C#N)c(N2CCn3nc(C(O)c4ccnn4C)cc3C2)n1. The third kappa shape index (κ3) is 3.14. The highest BCUT2D eigenvalue weighted by Gasteiger charge is 2.25. The molecule has 1 N–H and O–H groups in total. The molecular formula is C20H23N7O. The first-order valence-electron chi connectivity index (χ1n) is 9.36. The van der Waals surface area contributed by atoms with Gasteiger partial charge >= 0.3 is 0 Å². The Morgan fingerprint density at radius 2 is 2.00 bits per heavy atom. The van der Waals surface area contributed by atoms with Gasteiger partial charge in [-0.3, -0.25) is 9.36 Å². The second-order valence-corrected chi connectivity index (χ2v) is 7.36. The average molecular weight is 377 g/mol. The van der Waals surface area contributed by atoms with E-state index in [1.807, 2.05) is 22.9 Å². The molecular weight excluding hydrogens is 354 g/mol. The van der Waals surface area contributed by atoms with Crippen LogP contribution in [0.2, 0.25) is 0 Å². The van der Waals surface area contributed by atoms with Crippen LogP contribution >= 0.6 is 0 Å². The van der Waals surface area contributed by atoms with E-state index in [0.717, 1.165) is 17.2 Å². The standard InChI is InChI=1S/C20H23N7O/c1-13(2)16-5-4-14(11-21)20(23-16)26-8-9-27-15(12-26)10-17(24-27)19(28)18-6-7-22-25(18)3/h4-7,10,13,19,28H,8-9,12H2,1-3H3. The van der Waals surface area contributed by atoms with Crippen molar-refractivity contribution in [3.05, 3.63) is 58.8 Å². The highest BCUT2D eigenvalue weighted by Crippen LogP contribution is 2.27. The predicted octanol–water partition coefficient (Wildman–Crippen LogP) is 2.11. The Morgan fingerprint density at radius 3 is 2.68 bits per heavy atom. The molecule has 1 unspecified atom stereocenters. The van der Waals surface area contributed by atoms with Crippen molar-refractivity contribution in [2.75, 3.05) is 11.4 Å². The molecule has 3 aromatic heterocycles. The molecule has 1 atom stereocenters. The summed E-state index contributed by atoms with van der Waals surface area (Å²) in [6.45, 7) is 6.16. The maximum Gasteiger partial charge on any atom is 0.147 e. The number of aryl methyl sites for hydroxylation is 1. The predicted molar refractivity (Wildman–Crippen MR) is 104 cm³/mol. The third-order valence-electron chi connectivity index (χ3n) is 5.14. The number of rotatable bonds is 4. The number of anilines is 1. The van der Waals surface area contributed by atoms with Crippen LogP contribution in [0.25, 0.3) is 0 Å². The van der Waals surface area contributed by atoms with Crippen LogP contribution in [-0.4, -0.2) is 36.2 Å². The van der Waals surface area contributed by atoms with E-state index in [2.05, 4.69) is 35.0 Å². The molecule has 4 rings (SSSR count). The molecule has 1 aliphatic rings. The zero-order chi connectivity index (χ0) is 19.8. The minimum absolute atomic E-state index is 0.294. The Labute approximate surface area is 163 Å². The molecule has 0 fully saturated rings. The van der Waals surface area contributed by atoms with Crippen molar-refractivity contribution in [3.63, 3.8) is 0 Å². The van der Waals surface area contributed by atoms with E-state index < -0.39 is 6.10 Å². The number of aliphatic hydroxyl groups excluding tert-OH is 1. The largest absolute Gasteiger partial charge is 0.380 e. The molecule has 0 aromatic carbocycles. The second kappa shape index (κ2) is 7.09. The van der Waals surface area contributed by atoms with Crippen molar-refractivity contribution in [3.8, 4) is 6.07 Å². The summed E-state index contributed by atoms with van der Waals surface area (Å²) in [4.78, 5) is 6.86. The molecule has 0 bridgehead atoms. The topological polar surface area (TPSA) is 95.8 Å². The number of pyridine rings is 1. The molecule has 0 aliphatic carbocycles. The van der Waals surface area contributed by atoms with Crippen LogP contribution in [0.4, 0.5) is 5.82 Å². The lowest BCUT2D eigenvalue weighted by atomic mass is 10.1. The Balaban J connectivity index is 1.63. The van der Waals surface area contributed by atoms with Gasteiger partial charge in [-0.1, -0.05) is 13.8 Å². The monoisotopic (exact) mass is 377 g/mol. The highest BCUT2D eigenvalue weighted by molar-refractivity contribution is 5.55. The van der Waals surface area contributed by atoms with Gasteiger partial charge in [0.05, 0.1) is 35.7 Å². The summed E-state index contributed by atoms with van der Waals surface area (Å²) >= 11 is 0. The van der Waals surface area contributed by atoms with Crippen LogP contribution in [0, 0.1) is 11.3 Å². The first kappa shape index (κ1) is 18.2. The number of fused-ring (bicyclic) bond motifs is 1. The lowest BCUT2D eigenvalue weighted by molar-refractivity contribution is 0.203. The minimum Gasteiger partial charge on any atom is -0.380 e. The number of nitrogens with zero attached hydrogens (tertiary/aromatic N) is 7. The van der Waals surface area contributed by atoms with Crippen molar-refractivity contribution in [2.45, 2.75) is 39.0 Å². The first-order chi connectivity index (χ1) is 13.5. The molecule has 3 aromatic rings. The normalized spacial score (nSPS) is 14.8. The zero-order valence-electron chi connectivity index (χ0n) is 16.2. The number of aliphatic hydroxyl groups is 1. The van der Waals surface area contributed by atoms with Gasteiger partial charge in [0.25, 0.3) is 0 Å². The number of hydrogen-bond donors (Lipinski definition) is 1. The van der Waals surface area contributed by atoms with Crippen molar-refractivity contribution in [1.29, 1.82) is 5.26 Å². The Hall–Kier alpha value is -3.18. The zero-order valence-corrected chi connectivity index (χ0v) is 16.2. The molecule has 0 amide bonds. The first-order valence-corrected chi connectivity index (χ1v) is 9.36. The van der Waals surface area contributed by atoms with Gasteiger partial charge in [-0.15, -0.1) is 0 Å². The van der Waals surface area contributed by atoms with Gasteiger partial charge in [-0.05, 0) is 30.2 Å². The van der Waals surface area contributed by atoms with E-state index in [1.54, 1.807) is 24.0 Å². The van der Waals surface area contributed by atoms with E-state index in [0.29, 0.717) is 42.5 Å². The maximum atomic E-state index is 10.7. The molecule has 1 aliphatic heterocycles. The van der Waals surface area contributed by atoms with Gasteiger partial charge in [-0.25, -0.2) is 4.98 Å². The molecule has 0 spiro atoms. The van der Waals surface area contributed by atoms with Crippen LogP contribution in [-0.2, 0) is 20.1 Å². The summed E-state index contributed by atoms with van der Waals surface area (Å²) in [7, 11) is 1.80. The summed E-state index contributed by atoms with van der Waals surface area (Å²) in [5, 5.41) is 28.9. The van der Waals surface area contributed by atoms with Crippen molar-refractivity contribution < 1.29 is 5.11 Å². The fourth-order valence-electron chi connectivity index (χ4n) is 3.52. The molecule has 4 heterocycles. The maximum absolute atomic E-state index is 10.7. The van der Waals surface area contributed by atoms with E-state index in [9.17, 15) is 10.4 Å². The summed E-state index contributed by atoms with van der Waals surface area (Å²) in [6, 6.07) is 9.73. The molecule has 0 saturated heterocycles. The summed E-state index contributed by atoms with van der Waals surface area (Å²) in [5.41, 5.74) is 3.84. The molecule has 8 nitrogen and oxygen atoms in total. The van der Waals surface area contributed by atoms with E-state index in [1.165, 1.54) is 0 Å². The van der Waals surface area contributed by atoms with Crippen molar-refractivity contribution in [1.82, 2.24) is 24.5 Å². The van der Waals surface area contributed by atoms with Crippen LogP contribution in [0.3, 0.4) is 0 Å². The third-order valence-corrected chi connectivity index (χ3v) is 5.14. The van der Waals surface area contributed by atoms with Gasteiger partial charge in [0.1, 0.15) is 18.0 Å². The summed E-state index contributed by atoms with van der Waals surface area (Å²) in [5.74, 6) is 1.01. The number of aromatic nitrogens is 5. The van der Waals surface area contributed by atoms with Gasteiger partial charge in [0.2, 0.25) is 0 Å². The smallest absolute Gasteiger partial charge is 0.147 e. The highest BCUT2D eigenvalue weighted by atomic mass is 16.3. The molecule has 28 heavy (non-hydrogen) atoms. The van der Waals surface area contributed by atoms with Crippen molar-refractivity contribution >= 4 is 5.82 Å². The van der Waals surface area contributed by atoms with Crippen molar-refractivity contribution in [2.24, 2.45) is 7.05 Å². The van der Waals surface area contributed by atoms with E-state index in [4.69, 9.17) is 4.98 Å². The fraction of sp³-hybridized carbons (Fsp3) is 0.400. The Morgan fingerprint density at radius 1 is 1.18 bits per heavy atom.